The van der Waals surface area contributed by atoms with Gasteiger partial charge < -0.3 is 4.74 Å². The number of allylic oxidation sites excluding steroid dienone is 1. The second-order valence-corrected chi connectivity index (χ2v) is 8.02. The van der Waals surface area contributed by atoms with E-state index in [1.165, 1.54) is 25.1 Å². The molecule has 2 aromatic rings. The highest BCUT2D eigenvalue weighted by Crippen LogP contribution is 2.37. The summed E-state index contributed by atoms with van der Waals surface area (Å²) in [6.07, 6.45) is 1.36. The first-order valence-corrected chi connectivity index (χ1v) is 10.0. The van der Waals surface area contributed by atoms with E-state index in [9.17, 15) is 18.0 Å². The van der Waals surface area contributed by atoms with Crippen molar-refractivity contribution in [1.29, 1.82) is 0 Å². The van der Waals surface area contributed by atoms with Crippen LogP contribution in [-0.2, 0) is 30.8 Å². The maximum absolute atomic E-state index is 13.0. The van der Waals surface area contributed by atoms with Crippen LogP contribution in [0.25, 0.3) is 5.76 Å². The molecule has 7 heteroatoms. The Kier molecular flexibility index (Phi) is 5.46. The molecule has 0 N–H and O–H groups in total. The zero-order valence-electron chi connectivity index (χ0n) is 15.3. The van der Waals surface area contributed by atoms with Crippen LogP contribution in [-0.4, -0.2) is 31.0 Å². The molecule has 2 aromatic carbocycles. The van der Waals surface area contributed by atoms with Gasteiger partial charge in [-0.15, -0.1) is 6.58 Å². The van der Waals surface area contributed by atoms with Crippen LogP contribution in [0.1, 0.15) is 18.1 Å². The van der Waals surface area contributed by atoms with Crippen molar-refractivity contribution in [3.63, 3.8) is 0 Å². The monoisotopic (exact) mass is 397 g/mol. The topological polar surface area (TPSA) is 80.8 Å². The molecule has 1 aliphatic heterocycles. The van der Waals surface area contributed by atoms with Gasteiger partial charge in [-0.2, -0.15) is 0 Å². The van der Waals surface area contributed by atoms with Crippen molar-refractivity contribution in [2.24, 2.45) is 0 Å². The van der Waals surface area contributed by atoms with Gasteiger partial charge >= 0.3 is 5.97 Å². The number of nitrogens with zero attached hydrogens (tertiary/aromatic N) is 1. The van der Waals surface area contributed by atoms with Gasteiger partial charge in [0.15, 0.2) is 11.5 Å². The van der Waals surface area contributed by atoms with Gasteiger partial charge in [-0.1, -0.05) is 48.5 Å². The summed E-state index contributed by atoms with van der Waals surface area (Å²) in [5, 5.41) is 0. The number of carbonyl (C=O) groups excluding carboxylic acids is 2. The molecule has 144 valence electrons. The number of fused-ring (bicyclic) bond motifs is 1. The average Bonchev–Trinajstić information content (AvgIpc) is 2.66. The molecule has 0 bridgehead atoms. The summed E-state index contributed by atoms with van der Waals surface area (Å²) < 4.78 is 32.4. The number of rotatable bonds is 6. The lowest BCUT2D eigenvalue weighted by Crippen LogP contribution is -2.38. The number of Topliss-reactive ketones (excluding diaryl/α,β-unsaturated/α-hetero) is 1. The molecule has 0 radical (unpaired) electrons. The number of ketones is 1. The van der Waals surface area contributed by atoms with E-state index in [0.29, 0.717) is 0 Å². The van der Waals surface area contributed by atoms with Gasteiger partial charge in [0.05, 0.1) is 17.9 Å². The second-order valence-electron chi connectivity index (χ2n) is 6.19. The van der Waals surface area contributed by atoms with Crippen LogP contribution >= 0.6 is 0 Å². The number of benzene rings is 2. The normalized spacial score (nSPS) is 15.0. The first-order chi connectivity index (χ1) is 13.4. The van der Waals surface area contributed by atoms with Crippen molar-refractivity contribution in [2.75, 3.05) is 6.54 Å². The molecule has 3 rings (SSSR count). The highest BCUT2D eigenvalue weighted by atomic mass is 32.2. The van der Waals surface area contributed by atoms with E-state index in [4.69, 9.17) is 4.74 Å². The van der Waals surface area contributed by atoms with E-state index in [1.54, 1.807) is 36.4 Å². The summed E-state index contributed by atoms with van der Waals surface area (Å²) >= 11 is 0. The van der Waals surface area contributed by atoms with Gasteiger partial charge in [0.2, 0.25) is 0 Å². The van der Waals surface area contributed by atoms with E-state index in [-0.39, 0.29) is 34.9 Å². The summed E-state index contributed by atoms with van der Waals surface area (Å²) in [6.45, 7) is 4.68. The second kappa shape index (κ2) is 7.82. The number of carbonyl (C=O) groups is 2. The predicted octanol–water partition coefficient (Wildman–Crippen LogP) is 2.92. The molecule has 0 saturated carbocycles. The van der Waals surface area contributed by atoms with Gasteiger partial charge in [-0.3, -0.25) is 13.9 Å². The van der Waals surface area contributed by atoms with Crippen LogP contribution in [0.4, 0.5) is 0 Å². The van der Waals surface area contributed by atoms with Crippen molar-refractivity contribution in [3.8, 4) is 0 Å². The molecular formula is C21H19NO5S. The lowest BCUT2D eigenvalue weighted by molar-refractivity contribution is -0.136. The third-order valence-corrected chi connectivity index (χ3v) is 6.02. The van der Waals surface area contributed by atoms with Crippen LogP contribution in [0.3, 0.4) is 0 Å². The van der Waals surface area contributed by atoms with Crippen molar-refractivity contribution >= 4 is 27.5 Å². The van der Waals surface area contributed by atoms with E-state index >= 15 is 0 Å². The Hall–Kier alpha value is -3.19. The summed E-state index contributed by atoms with van der Waals surface area (Å²) in [7, 11) is -3.97. The number of esters is 1. The molecule has 0 atom stereocenters. The molecule has 0 unspecified atom stereocenters. The maximum Gasteiger partial charge on any atom is 0.315 e. The summed E-state index contributed by atoms with van der Waals surface area (Å²) in [4.78, 5) is 24.8. The smallest absolute Gasteiger partial charge is 0.315 e. The Bertz CT molecular complexity index is 1070. The standard InChI is InChI=1S/C21H19NO5S/c1-3-13-22-20(15(2)23)21(17-11-7-8-12-18(17)28(22,25)26)27-19(24)14-16-9-5-4-6-10-16/h3-12H,1,13-14H2,2H3. The van der Waals surface area contributed by atoms with E-state index in [2.05, 4.69) is 6.58 Å². The Morgan fingerprint density at radius 3 is 2.36 bits per heavy atom. The molecule has 0 saturated heterocycles. The Labute approximate surface area is 163 Å². The molecule has 0 amide bonds. The zero-order chi connectivity index (χ0) is 20.3. The van der Waals surface area contributed by atoms with E-state index in [1.807, 2.05) is 6.07 Å². The van der Waals surface area contributed by atoms with Crippen LogP contribution in [0.5, 0.6) is 0 Å². The minimum absolute atomic E-state index is 0.00804. The number of hydrogen-bond acceptors (Lipinski definition) is 5. The first-order valence-electron chi connectivity index (χ1n) is 8.59. The minimum Gasteiger partial charge on any atom is -0.423 e. The van der Waals surface area contributed by atoms with Crippen molar-refractivity contribution < 1.29 is 22.7 Å². The molecule has 0 aliphatic carbocycles. The minimum atomic E-state index is -3.97. The fourth-order valence-electron chi connectivity index (χ4n) is 3.02. The van der Waals surface area contributed by atoms with Gasteiger partial charge in [0, 0.05) is 12.5 Å². The Morgan fingerprint density at radius 2 is 1.71 bits per heavy atom. The zero-order valence-corrected chi connectivity index (χ0v) is 16.1. The van der Waals surface area contributed by atoms with E-state index < -0.39 is 21.8 Å². The fraction of sp³-hybridized carbons (Fsp3) is 0.143. The van der Waals surface area contributed by atoms with Crippen LogP contribution < -0.4 is 0 Å². The molecule has 1 heterocycles. The van der Waals surface area contributed by atoms with Gasteiger partial charge in [-0.25, -0.2) is 8.42 Å². The summed E-state index contributed by atoms with van der Waals surface area (Å²) in [5.41, 5.74) is 0.756. The predicted molar refractivity (Wildman–Crippen MR) is 104 cm³/mol. The van der Waals surface area contributed by atoms with E-state index in [0.717, 1.165) is 9.87 Å². The Morgan fingerprint density at radius 1 is 1.07 bits per heavy atom. The van der Waals surface area contributed by atoms with Crippen molar-refractivity contribution in [2.45, 2.75) is 18.2 Å². The lowest BCUT2D eigenvalue weighted by Gasteiger charge is -2.31. The Balaban J connectivity index is 2.11. The molecule has 1 aliphatic rings. The average molecular weight is 397 g/mol. The van der Waals surface area contributed by atoms with Crippen LogP contribution in [0.15, 0.2) is 77.8 Å². The fourth-order valence-corrected chi connectivity index (χ4v) is 4.70. The number of hydrogen-bond donors (Lipinski definition) is 0. The molecule has 0 aromatic heterocycles. The quantitative estimate of drug-likeness (QED) is 0.553. The molecular weight excluding hydrogens is 378 g/mol. The molecule has 0 spiro atoms. The maximum atomic E-state index is 13.0. The number of ether oxygens (including phenoxy) is 1. The highest BCUT2D eigenvalue weighted by molar-refractivity contribution is 7.89. The van der Waals surface area contributed by atoms with Gasteiger partial charge in [0.1, 0.15) is 5.70 Å². The summed E-state index contributed by atoms with van der Waals surface area (Å²) in [6, 6.07) is 15.1. The van der Waals surface area contributed by atoms with Crippen LogP contribution in [0, 0.1) is 0 Å². The van der Waals surface area contributed by atoms with Crippen LogP contribution in [0.2, 0.25) is 0 Å². The number of sulfonamides is 1. The van der Waals surface area contributed by atoms with Crippen molar-refractivity contribution in [1.82, 2.24) is 4.31 Å². The largest absolute Gasteiger partial charge is 0.423 e. The lowest BCUT2D eigenvalue weighted by atomic mass is 10.1. The molecule has 0 fully saturated rings. The first kappa shape index (κ1) is 19.6. The van der Waals surface area contributed by atoms with Crippen molar-refractivity contribution in [3.05, 3.63) is 84.1 Å². The molecule has 28 heavy (non-hydrogen) atoms. The summed E-state index contributed by atoms with van der Waals surface area (Å²) in [5.74, 6) is -1.17. The highest BCUT2D eigenvalue weighted by Gasteiger charge is 2.39. The van der Waals surface area contributed by atoms with Gasteiger partial charge in [-0.05, 0) is 17.7 Å². The SMILES string of the molecule is C=CCN1C(C(C)=O)=C(OC(=O)Cc2ccccc2)c2ccccc2S1(=O)=O. The third kappa shape index (κ3) is 3.61. The van der Waals surface area contributed by atoms with Gasteiger partial charge in [0.25, 0.3) is 10.0 Å². The molecule has 6 nitrogen and oxygen atoms in total. The third-order valence-electron chi connectivity index (χ3n) is 4.20.